The van der Waals surface area contributed by atoms with Gasteiger partial charge in [-0.2, -0.15) is 0 Å². The van der Waals surface area contributed by atoms with Gasteiger partial charge in [0.1, 0.15) is 18.3 Å². The first-order valence-electron chi connectivity index (χ1n) is 6.42. The van der Waals surface area contributed by atoms with Crippen molar-refractivity contribution in [2.45, 2.75) is 30.4 Å². The van der Waals surface area contributed by atoms with E-state index in [0.717, 1.165) is 4.90 Å². The van der Waals surface area contributed by atoms with E-state index in [0.29, 0.717) is 0 Å². The van der Waals surface area contributed by atoms with Crippen LogP contribution in [0.15, 0.2) is 4.99 Å². The average molecular weight is 306 g/mol. The van der Waals surface area contributed by atoms with Crippen LogP contribution in [0, 0.1) is 0 Å². The van der Waals surface area contributed by atoms with Gasteiger partial charge in [-0.15, -0.1) is 0 Å². The number of amides is 1. The number of hydrogen-bond acceptors (Lipinski definition) is 7. The molecule has 1 amide bonds. The molecule has 0 aromatic carbocycles. The third-order valence-corrected chi connectivity index (χ3v) is 3.53. The van der Waals surface area contributed by atoms with Gasteiger partial charge in [-0.3, -0.25) is 9.79 Å². The van der Waals surface area contributed by atoms with Crippen molar-refractivity contribution in [3.63, 3.8) is 0 Å². The monoisotopic (exact) mass is 306 g/mol. The minimum Gasteiger partial charge on any atom is -0.394 e. The van der Waals surface area contributed by atoms with E-state index in [4.69, 9.17) is 5.73 Å². The number of nitrogens with two attached hydrogens (primary N) is 1. The SMILES string of the molecule is CN=C(N)NCC(=O)N1[C@H](CO)[C@@H](O)C(O)[C@H](O)[C@H]1CO. The summed E-state index contributed by atoms with van der Waals surface area (Å²) in [7, 11) is 1.42. The van der Waals surface area contributed by atoms with E-state index in [1.165, 1.54) is 7.05 Å². The number of nitrogens with zero attached hydrogens (tertiary/aromatic N) is 2. The van der Waals surface area contributed by atoms with Gasteiger partial charge in [0.15, 0.2) is 5.96 Å². The predicted molar refractivity (Wildman–Crippen MR) is 72.2 cm³/mol. The number of aliphatic hydroxyl groups excluding tert-OH is 5. The Morgan fingerprint density at radius 2 is 1.62 bits per heavy atom. The van der Waals surface area contributed by atoms with Crippen molar-refractivity contribution in [2.24, 2.45) is 10.7 Å². The number of aliphatic hydroxyl groups is 5. The summed E-state index contributed by atoms with van der Waals surface area (Å²) in [5.41, 5.74) is 5.39. The Balaban J connectivity index is 2.94. The molecule has 0 aromatic rings. The summed E-state index contributed by atoms with van der Waals surface area (Å²) in [6.07, 6.45) is -4.64. The number of carbonyl (C=O) groups excluding carboxylic acids is 1. The topological polar surface area (TPSA) is 172 Å². The van der Waals surface area contributed by atoms with E-state index in [-0.39, 0.29) is 12.5 Å². The molecule has 122 valence electrons. The second-order valence-electron chi connectivity index (χ2n) is 4.74. The molecule has 10 heteroatoms. The molecule has 0 unspecified atom stereocenters. The first-order valence-corrected chi connectivity index (χ1v) is 6.42. The molecule has 1 heterocycles. The number of aliphatic imine (C=N–C) groups is 1. The highest BCUT2D eigenvalue weighted by Crippen LogP contribution is 2.24. The number of rotatable bonds is 4. The Morgan fingerprint density at radius 1 is 1.14 bits per heavy atom. The fourth-order valence-electron chi connectivity index (χ4n) is 2.33. The second-order valence-corrected chi connectivity index (χ2v) is 4.74. The molecule has 1 aliphatic heterocycles. The number of hydrogen-bond donors (Lipinski definition) is 7. The average Bonchev–Trinajstić information content (AvgIpc) is 2.49. The summed E-state index contributed by atoms with van der Waals surface area (Å²) in [5.74, 6) is -0.604. The summed E-state index contributed by atoms with van der Waals surface area (Å²) in [5, 5.41) is 50.5. The lowest BCUT2D eigenvalue weighted by molar-refractivity contribution is -0.187. The highest BCUT2D eigenvalue weighted by Gasteiger charge is 2.48. The predicted octanol–water partition coefficient (Wildman–Crippen LogP) is -4.83. The molecule has 0 radical (unpaired) electrons. The van der Waals surface area contributed by atoms with Crippen molar-refractivity contribution in [3.05, 3.63) is 0 Å². The Kier molecular flexibility index (Phi) is 6.30. The lowest BCUT2D eigenvalue weighted by atomic mass is 9.88. The third kappa shape index (κ3) is 3.60. The Hall–Kier alpha value is -1.46. The van der Waals surface area contributed by atoms with Crippen molar-refractivity contribution in [1.29, 1.82) is 0 Å². The molecule has 1 aliphatic rings. The number of likely N-dealkylation sites (tertiary alicyclic amines) is 1. The quantitative estimate of drug-likeness (QED) is 0.200. The van der Waals surface area contributed by atoms with Crippen LogP contribution in [-0.4, -0.2) is 99.5 Å². The van der Waals surface area contributed by atoms with Gasteiger partial charge in [0, 0.05) is 7.05 Å². The van der Waals surface area contributed by atoms with Gasteiger partial charge in [-0.25, -0.2) is 0 Å². The second kappa shape index (κ2) is 7.52. The lowest BCUT2D eigenvalue weighted by Crippen LogP contribution is -2.70. The molecule has 1 saturated heterocycles. The van der Waals surface area contributed by atoms with Crippen molar-refractivity contribution >= 4 is 11.9 Å². The number of piperidine rings is 1. The number of nitrogens with one attached hydrogen (secondary N) is 1. The first kappa shape index (κ1) is 17.6. The van der Waals surface area contributed by atoms with E-state index >= 15 is 0 Å². The molecule has 0 bridgehead atoms. The van der Waals surface area contributed by atoms with Crippen LogP contribution < -0.4 is 11.1 Å². The lowest BCUT2D eigenvalue weighted by Gasteiger charge is -2.48. The molecule has 8 N–H and O–H groups in total. The zero-order chi connectivity index (χ0) is 16.2. The third-order valence-electron chi connectivity index (χ3n) is 3.53. The summed E-state index contributed by atoms with van der Waals surface area (Å²) in [6, 6.07) is -2.29. The van der Waals surface area contributed by atoms with Gasteiger partial charge in [-0.05, 0) is 0 Å². The number of guanidine groups is 1. The molecular weight excluding hydrogens is 284 g/mol. The van der Waals surface area contributed by atoms with Crippen LogP contribution in [0.1, 0.15) is 0 Å². The summed E-state index contributed by atoms with van der Waals surface area (Å²) in [4.78, 5) is 16.7. The van der Waals surface area contributed by atoms with Crippen molar-refractivity contribution in [2.75, 3.05) is 26.8 Å². The molecule has 4 atom stereocenters. The molecule has 0 spiro atoms. The van der Waals surface area contributed by atoms with Crippen molar-refractivity contribution in [1.82, 2.24) is 10.2 Å². The van der Waals surface area contributed by atoms with Crippen LogP contribution in [0.5, 0.6) is 0 Å². The minimum atomic E-state index is -1.57. The van der Waals surface area contributed by atoms with Crippen molar-refractivity contribution in [3.8, 4) is 0 Å². The van der Waals surface area contributed by atoms with E-state index < -0.39 is 49.5 Å². The van der Waals surface area contributed by atoms with Gasteiger partial charge >= 0.3 is 0 Å². The van der Waals surface area contributed by atoms with Gasteiger partial charge < -0.3 is 41.5 Å². The minimum absolute atomic E-state index is 0.0163. The molecule has 1 fully saturated rings. The van der Waals surface area contributed by atoms with E-state index in [1.807, 2.05) is 0 Å². The Morgan fingerprint density at radius 3 is 2.00 bits per heavy atom. The standard InChI is InChI=1S/C11H22N4O6/c1-13-11(12)14-2-7(18)15-5(3-16)8(19)10(21)9(20)6(15)4-17/h5-6,8-10,16-17,19-21H,2-4H2,1H3,(H3,12,13,14)/t5-,6-,8-,9-/m1/s1. The normalized spacial score (nSPS) is 33.9. The fourth-order valence-corrected chi connectivity index (χ4v) is 2.33. The molecule has 0 aliphatic carbocycles. The molecule has 0 saturated carbocycles. The molecular formula is C11H22N4O6. The van der Waals surface area contributed by atoms with Crippen LogP contribution in [0.2, 0.25) is 0 Å². The summed E-state index contributed by atoms with van der Waals surface area (Å²) in [6.45, 7) is -1.57. The van der Waals surface area contributed by atoms with Crippen LogP contribution in [0.3, 0.4) is 0 Å². The highest BCUT2D eigenvalue weighted by molar-refractivity contribution is 5.86. The summed E-state index contributed by atoms with van der Waals surface area (Å²) >= 11 is 0. The largest absolute Gasteiger partial charge is 0.394 e. The maximum atomic E-state index is 12.2. The van der Waals surface area contributed by atoms with Gasteiger partial charge in [0.2, 0.25) is 5.91 Å². The maximum Gasteiger partial charge on any atom is 0.242 e. The van der Waals surface area contributed by atoms with E-state index in [2.05, 4.69) is 10.3 Å². The van der Waals surface area contributed by atoms with Crippen LogP contribution in [0.25, 0.3) is 0 Å². The van der Waals surface area contributed by atoms with Gasteiger partial charge in [0.25, 0.3) is 0 Å². The first-order chi connectivity index (χ1) is 9.88. The highest BCUT2D eigenvalue weighted by atomic mass is 16.4. The Labute approximate surface area is 121 Å². The molecule has 1 rings (SSSR count). The van der Waals surface area contributed by atoms with Crippen LogP contribution >= 0.6 is 0 Å². The van der Waals surface area contributed by atoms with E-state index in [1.54, 1.807) is 0 Å². The van der Waals surface area contributed by atoms with E-state index in [9.17, 15) is 30.3 Å². The zero-order valence-corrected chi connectivity index (χ0v) is 11.6. The van der Waals surface area contributed by atoms with Gasteiger partial charge in [0.05, 0.1) is 31.8 Å². The van der Waals surface area contributed by atoms with Crippen LogP contribution in [-0.2, 0) is 4.79 Å². The number of carbonyl (C=O) groups is 1. The zero-order valence-electron chi connectivity index (χ0n) is 11.6. The molecule has 0 aromatic heterocycles. The summed E-state index contributed by atoms with van der Waals surface area (Å²) < 4.78 is 0. The van der Waals surface area contributed by atoms with Gasteiger partial charge in [-0.1, -0.05) is 0 Å². The molecule has 10 nitrogen and oxygen atoms in total. The smallest absolute Gasteiger partial charge is 0.242 e. The Bertz CT molecular complexity index is 375. The maximum absolute atomic E-state index is 12.2. The van der Waals surface area contributed by atoms with Crippen molar-refractivity contribution < 1.29 is 30.3 Å². The molecule has 21 heavy (non-hydrogen) atoms. The fraction of sp³-hybridized carbons (Fsp3) is 0.818. The van der Waals surface area contributed by atoms with Crippen LogP contribution in [0.4, 0.5) is 0 Å².